The van der Waals surface area contributed by atoms with Gasteiger partial charge in [0.15, 0.2) is 16.1 Å². The third-order valence-electron chi connectivity index (χ3n) is 2.66. The molecule has 3 rings (SSSR count). The molecule has 5 nitrogen and oxygen atoms in total. The van der Waals surface area contributed by atoms with E-state index in [0.29, 0.717) is 11.5 Å². The summed E-state index contributed by atoms with van der Waals surface area (Å²) in [6.45, 7) is 0. The first kappa shape index (κ1) is 10.7. The van der Waals surface area contributed by atoms with Crippen LogP contribution in [-0.2, 0) is 12.8 Å². The predicted molar refractivity (Wildman–Crippen MR) is 68.9 cm³/mol. The number of aromatic nitrogens is 3. The van der Waals surface area contributed by atoms with E-state index < -0.39 is 0 Å². The highest BCUT2D eigenvalue weighted by Crippen LogP contribution is 2.33. The van der Waals surface area contributed by atoms with Crippen molar-refractivity contribution < 1.29 is 0 Å². The number of nitrogen functional groups attached to an aromatic ring is 1. The zero-order chi connectivity index (χ0) is 11.8. The summed E-state index contributed by atoms with van der Waals surface area (Å²) in [5.41, 5.74) is 7.32. The van der Waals surface area contributed by atoms with Gasteiger partial charge in [-0.3, -0.25) is 0 Å². The van der Waals surface area contributed by atoms with Crippen molar-refractivity contribution in [3.05, 3.63) is 22.1 Å². The van der Waals surface area contributed by atoms with Crippen LogP contribution < -0.4 is 11.1 Å². The van der Waals surface area contributed by atoms with Gasteiger partial charge in [-0.2, -0.15) is 0 Å². The fourth-order valence-electron chi connectivity index (χ4n) is 1.82. The summed E-state index contributed by atoms with van der Waals surface area (Å²) in [4.78, 5) is 13.7. The average molecular weight is 268 g/mol. The van der Waals surface area contributed by atoms with Gasteiger partial charge in [0.1, 0.15) is 12.0 Å². The third kappa shape index (κ3) is 1.94. The zero-order valence-corrected chi connectivity index (χ0v) is 10.5. The maximum Gasteiger partial charge on any atom is 0.188 e. The number of halogens is 1. The Morgan fingerprint density at radius 1 is 1.35 bits per heavy atom. The van der Waals surface area contributed by atoms with Gasteiger partial charge in [0.05, 0.1) is 5.69 Å². The van der Waals surface area contributed by atoms with Crippen molar-refractivity contribution in [2.45, 2.75) is 19.3 Å². The van der Waals surface area contributed by atoms with E-state index in [1.165, 1.54) is 23.3 Å². The van der Waals surface area contributed by atoms with Crippen molar-refractivity contribution in [1.29, 1.82) is 0 Å². The van der Waals surface area contributed by atoms with Crippen LogP contribution in [0.5, 0.6) is 0 Å². The molecule has 0 aliphatic heterocycles. The Morgan fingerprint density at radius 3 is 3.06 bits per heavy atom. The molecule has 0 spiro atoms. The number of nitrogens with two attached hydrogens (primary N) is 1. The van der Waals surface area contributed by atoms with Crippen LogP contribution >= 0.6 is 22.9 Å². The molecule has 2 heterocycles. The minimum absolute atomic E-state index is 0.256. The van der Waals surface area contributed by atoms with E-state index in [9.17, 15) is 0 Å². The van der Waals surface area contributed by atoms with Crippen LogP contribution in [-0.4, -0.2) is 15.0 Å². The van der Waals surface area contributed by atoms with E-state index in [0.717, 1.165) is 18.0 Å². The number of rotatable bonds is 2. The van der Waals surface area contributed by atoms with Gasteiger partial charge >= 0.3 is 0 Å². The standard InChI is InChI=1S/C10H10ClN5S/c11-8-7(12)9(14-4-13-8)16-10-15-5-2-1-3-6(5)17-10/h4H,1-3,12H2,(H,13,14,15,16). The predicted octanol–water partition coefficient (Wildman–Crippen LogP) is 2.40. The van der Waals surface area contributed by atoms with Crippen molar-refractivity contribution in [1.82, 2.24) is 15.0 Å². The highest BCUT2D eigenvalue weighted by molar-refractivity contribution is 7.15. The smallest absolute Gasteiger partial charge is 0.188 e. The van der Waals surface area contributed by atoms with E-state index in [1.807, 2.05) is 0 Å². The largest absolute Gasteiger partial charge is 0.393 e. The van der Waals surface area contributed by atoms with Gasteiger partial charge in [-0.25, -0.2) is 15.0 Å². The number of fused-ring (bicyclic) bond motifs is 1. The Hall–Kier alpha value is -1.40. The maximum atomic E-state index is 5.82. The van der Waals surface area contributed by atoms with Crippen LogP contribution in [0.2, 0.25) is 5.15 Å². The van der Waals surface area contributed by atoms with Crippen molar-refractivity contribution in [3.8, 4) is 0 Å². The van der Waals surface area contributed by atoms with Crippen molar-refractivity contribution >= 4 is 39.6 Å². The van der Waals surface area contributed by atoms with E-state index >= 15 is 0 Å². The molecular formula is C10H10ClN5S. The summed E-state index contributed by atoms with van der Waals surface area (Å²) in [5.74, 6) is 0.512. The fraction of sp³-hybridized carbons (Fsp3) is 0.300. The summed E-state index contributed by atoms with van der Waals surface area (Å²) in [5, 5.41) is 4.16. The Morgan fingerprint density at radius 2 is 2.24 bits per heavy atom. The van der Waals surface area contributed by atoms with Gasteiger partial charge in [-0.1, -0.05) is 11.6 Å². The lowest BCUT2D eigenvalue weighted by atomic mass is 10.4. The molecule has 0 radical (unpaired) electrons. The highest BCUT2D eigenvalue weighted by Gasteiger charge is 2.17. The summed E-state index contributed by atoms with van der Waals surface area (Å²) < 4.78 is 0. The van der Waals surface area contributed by atoms with Crippen LogP contribution in [0.15, 0.2) is 6.33 Å². The normalized spacial score (nSPS) is 13.7. The summed E-state index contributed by atoms with van der Waals surface area (Å²) in [6.07, 6.45) is 4.76. The molecule has 0 atom stereocenters. The van der Waals surface area contributed by atoms with Crippen molar-refractivity contribution in [2.24, 2.45) is 0 Å². The monoisotopic (exact) mass is 267 g/mol. The molecule has 2 aromatic rings. The van der Waals surface area contributed by atoms with Gasteiger partial charge < -0.3 is 11.1 Å². The molecule has 0 fully saturated rings. The fourth-order valence-corrected chi connectivity index (χ4v) is 3.00. The van der Waals surface area contributed by atoms with Gasteiger partial charge in [0, 0.05) is 4.88 Å². The first-order valence-electron chi connectivity index (χ1n) is 5.25. The molecule has 1 aliphatic rings. The minimum atomic E-state index is 0.256. The lowest BCUT2D eigenvalue weighted by molar-refractivity contribution is 0.900. The Balaban J connectivity index is 1.89. The Kier molecular flexibility index (Phi) is 2.60. The molecule has 1 aliphatic carbocycles. The van der Waals surface area contributed by atoms with Crippen LogP contribution in [0, 0.1) is 0 Å². The molecular weight excluding hydrogens is 258 g/mol. The number of hydrogen-bond donors (Lipinski definition) is 2. The lowest BCUT2D eigenvalue weighted by Gasteiger charge is -2.05. The van der Waals surface area contributed by atoms with Crippen LogP contribution in [0.25, 0.3) is 0 Å². The number of anilines is 3. The van der Waals surface area contributed by atoms with Crippen LogP contribution in [0.1, 0.15) is 17.0 Å². The Labute approximate surface area is 107 Å². The summed E-state index contributed by atoms with van der Waals surface area (Å²) >= 11 is 7.47. The number of nitrogens with one attached hydrogen (secondary N) is 1. The van der Waals surface area contributed by atoms with E-state index in [-0.39, 0.29) is 5.15 Å². The summed E-state index contributed by atoms with van der Waals surface area (Å²) in [7, 11) is 0. The quantitative estimate of drug-likeness (QED) is 0.817. The van der Waals surface area contributed by atoms with Crippen molar-refractivity contribution in [3.63, 3.8) is 0 Å². The molecule has 3 N–H and O–H groups in total. The first-order valence-corrected chi connectivity index (χ1v) is 6.45. The number of thiazole rings is 1. The number of hydrogen-bond acceptors (Lipinski definition) is 6. The number of nitrogens with zero attached hydrogens (tertiary/aromatic N) is 3. The molecule has 0 bridgehead atoms. The molecule has 0 saturated heterocycles. The molecule has 0 unspecified atom stereocenters. The molecule has 88 valence electrons. The third-order valence-corrected chi connectivity index (χ3v) is 4.03. The van der Waals surface area contributed by atoms with Gasteiger partial charge in [0.25, 0.3) is 0 Å². The molecule has 7 heteroatoms. The SMILES string of the molecule is Nc1c(Cl)ncnc1Nc1nc2c(s1)CCC2. The van der Waals surface area contributed by atoms with Crippen LogP contribution in [0.4, 0.5) is 16.6 Å². The molecule has 2 aromatic heterocycles. The molecule has 0 amide bonds. The lowest BCUT2D eigenvalue weighted by Crippen LogP contribution is -2.00. The van der Waals surface area contributed by atoms with Crippen molar-refractivity contribution in [2.75, 3.05) is 11.1 Å². The maximum absolute atomic E-state index is 5.82. The van der Waals surface area contributed by atoms with E-state index in [2.05, 4.69) is 20.3 Å². The molecule has 0 saturated carbocycles. The van der Waals surface area contributed by atoms with Crippen LogP contribution in [0.3, 0.4) is 0 Å². The average Bonchev–Trinajstić information content (AvgIpc) is 2.85. The van der Waals surface area contributed by atoms with E-state index in [1.54, 1.807) is 11.3 Å². The first-order chi connectivity index (χ1) is 8.24. The second-order valence-corrected chi connectivity index (χ2v) is 5.24. The molecule has 0 aromatic carbocycles. The zero-order valence-electron chi connectivity index (χ0n) is 8.90. The van der Waals surface area contributed by atoms with Gasteiger partial charge in [0.2, 0.25) is 0 Å². The Bertz CT molecular complexity index is 546. The van der Waals surface area contributed by atoms with Gasteiger partial charge in [-0.15, -0.1) is 11.3 Å². The molecule has 17 heavy (non-hydrogen) atoms. The highest BCUT2D eigenvalue weighted by atomic mass is 35.5. The number of aryl methyl sites for hydroxylation is 2. The second-order valence-electron chi connectivity index (χ2n) is 3.79. The topological polar surface area (TPSA) is 76.7 Å². The minimum Gasteiger partial charge on any atom is -0.393 e. The van der Waals surface area contributed by atoms with Gasteiger partial charge in [-0.05, 0) is 19.3 Å². The summed E-state index contributed by atoms with van der Waals surface area (Å²) in [6, 6.07) is 0. The van der Waals surface area contributed by atoms with E-state index in [4.69, 9.17) is 17.3 Å². The second kappa shape index (κ2) is 4.12.